The fraction of sp³-hybridized carbons (Fsp3) is 0.583. The number of ether oxygens (including phenoxy) is 2. The molecule has 94 valence electrons. The van der Waals surface area contributed by atoms with Gasteiger partial charge in [-0.3, -0.25) is 9.88 Å². The van der Waals surface area contributed by atoms with E-state index in [0.717, 1.165) is 25.3 Å². The van der Waals surface area contributed by atoms with E-state index in [1.807, 2.05) is 12.1 Å². The Balaban J connectivity index is 1.65. The fourth-order valence-corrected chi connectivity index (χ4v) is 1.81. The summed E-state index contributed by atoms with van der Waals surface area (Å²) in [6.45, 7) is 4.14. The van der Waals surface area contributed by atoms with Gasteiger partial charge in [0.1, 0.15) is 0 Å². The van der Waals surface area contributed by atoms with Crippen LogP contribution < -0.4 is 5.73 Å². The molecule has 1 fully saturated rings. The Morgan fingerprint density at radius 1 is 1.41 bits per heavy atom. The molecule has 0 aliphatic carbocycles. The maximum Gasteiger partial charge on any atom is 0.0830 e. The van der Waals surface area contributed by atoms with Crippen molar-refractivity contribution in [3.8, 4) is 0 Å². The Bertz CT molecular complexity index is 336. The second-order valence-electron chi connectivity index (χ2n) is 4.26. The molecule has 5 heteroatoms. The lowest BCUT2D eigenvalue weighted by atomic mass is 10.1. The van der Waals surface area contributed by atoms with Crippen molar-refractivity contribution >= 4 is 5.69 Å². The number of pyridine rings is 1. The van der Waals surface area contributed by atoms with Gasteiger partial charge in [-0.1, -0.05) is 0 Å². The topological polar surface area (TPSA) is 60.6 Å². The summed E-state index contributed by atoms with van der Waals surface area (Å²) in [6.07, 6.45) is 2.04. The molecule has 0 spiro atoms. The third-order valence-corrected chi connectivity index (χ3v) is 2.80. The molecule has 2 rings (SSSR count). The minimum absolute atomic E-state index is 0.346. The smallest absolute Gasteiger partial charge is 0.0830 e. The van der Waals surface area contributed by atoms with Gasteiger partial charge in [0.25, 0.3) is 0 Å². The molecular formula is C12H19N3O2. The third-order valence-electron chi connectivity index (χ3n) is 2.80. The number of likely N-dealkylation sites (tertiary alicyclic amines) is 1. The van der Waals surface area contributed by atoms with Gasteiger partial charge in [0, 0.05) is 26.7 Å². The van der Waals surface area contributed by atoms with Crippen molar-refractivity contribution in [1.82, 2.24) is 9.88 Å². The number of rotatable bonds is 6. The van der Waals surface area contributed by atoms with Crippen LogP contribution in [0.1, 0.15) is 5.69 Å². The lowest BCUT2D eigenvalue weighted by Gasteiger charge is -2.38. The Morgan fingerprint density at radius 2 is 2.24 bits per heavy atom. The highest BCUT2D eigenvalue weighted by Gasteiger charge is 2.27. The minimum Gasteiger partial charge on any atom is -0.397 e. The summed E-state index contributed by atoms with van der Waals surface area (Å²) in [5.41, 5.74) is 7.34. The van der Waals surface area contributed by atoms with Gasteiger partial charge in [0.05, 0.1) is 36.9 Å². The fourth-order valence-electron chi connectivity index (χ4n) is 1.81. The van der Waals surface area contributed by atoms with Crippen LogP contribution in [0.3, 0.4) is 0 Å². The van der Waals surface area contributed by atoms with E-state index in [2.05, 4.69) is 9.88 Å². The van der Waals surface area contributed by atoms with Gasteiger partial charge in [0.2, 0.25) is 0 Å². The molecule has 17 heavy (non-hydrogen) atoms. The number of aromatic nitrogens is 1. The van der Waals surface area contributed by atoms with E-state index in [1.165, 1.54) is 0 Å². The van der Waals surface area contributed by atoms with Crippen LogP contribution in [0.15, 0.2) is 18.3 Å². The molecule has 0 unspecified atom stereocenters. The van der Waals surface area contributed by atoms with E-state index in [4.69, 9.17) is 15.2 Å². The van der Waals surface area contributed by atoms with Crippen LogP contribution in [-0.4, -0.2) is 49.4 Å². The first-order valence-corrected chi connectivity index (χ1v) is 5.81. The average Bonchev–Trinajstić information content (AvgIpc) is 2.28. The predicted molar refractivity (Wildman–Crippen MR) is 65.5 cm³/mol. The van der Waals surface area contributed by atoms with Crippen molar-refractivity contribution in [3.63, 3.8) is 0 Å². The quantitative estimate of drug-likeness (QED) is 0.731. The molecule has 0 atom stereocenters. The third kappa shape index (κ3) is 3.66. The first-order valence-electron chi connectivity index (χ1n) is 5.81. The molecule has 1 aromatic heterocycles. The van der Waals surface area contributed by atoms with Crippen molar-refractivity contribution < 1.29 is 9.47 Å². The molecule has 1 saturated heterocycles. The Hall–Kier alpha value is -1.17. The first kappa shape index (κ1) is 12.3. The molecule has 0 amide bonds. The van der Waals surface area contributed by atoms with Crippen LogP contribution in [0.4, 0.5) is 5.69 Å². The van der Waals surface area contributed by atoms with E-state index in [1.54, 1.807) is 13.3 Å². The summed E-state index contributed by atoms with van der Waals surface area (Å²) in [5.74, 6) is 0. The van der Waals surface area contributed by atoms with Crippen LogP contribution in [0.25, 0.3) is 0 Å². The van der Waals surface area contributed by atoms with Gasteiger partial charge in [-0.15, -0.1) is 0 Å². The Labute approximate surface area is 102 Å². The summed E-state index contributed by atoms with van der Waals surface area (Å²) >= 11 is 0. The normalized spacial score (nSPS) is 17.0. The van der Waals surface area contributed by atoms with Crippen LogP contribution >= 0.6 is 0 Å². The monoisotopic (exact) mass is 237 g/mol. The molecule has 0 bridgehead atoms. The van der Waals surface area contributed by atoms with Crippen molar-refractivity contribution in [3.05, 3.63) is 24.0 Å². The van der Waals surface area contributed by atoms with Crippen LogP contribution in [-0.2, 0) is 16.0 Å². The van der Waals surface area contributed by atoms with Crippen molar-refractivity contribution in [1.29, 1.82) is 0 Å². The summed E-state index contributed by atoms with van der Waals surface area (Å²) in [4.78, 5) is 6.57. The number of nitrogens with zero attached hydrogens (tertiary/aromatic N) is 2. The van der Waals surface area contributed by atoms with Gasteiger partial charge in [-0.25, -0.2) is 0 Å². The van der Waals surface area contributed by atoms with E-state index in [9.17, 15) is 0 Å². The molecule has 0 radical (unpaired) electrons. The van der Waals surface area contributed by atoms with Gasteiger partial charge >= 0.3 is 0 Å². The molecule has 2 heterocycles. The zero-order valence-electron chi connectivity index (χ0n) is 10.1. The minimum atomic E-state index is 0.346. The number of methoxy groups -OCH3 is 1. The van der Waals surface area contributed by atoms with E-state index in [-0.39, 0.29) is 0 Å². The van der Waals surface area contributed by atoms with Crippen LogP contribution in [0.2, 0.25) is 0 Å². The van der Waals surface area contributed by atoms with E-state index < -0.39 is 0 Å². The lowest BCUT2D eigenvalue weighted by molar-refractivity contribution is -0.0702. The standard InChI is InChI=1S/C12H19N3O2/c1-16-4-5-17-12-8-15(9-12)7-11-3-2-10(13)6-14-11/h2-3,6,12H,4-5,7-9,13H2,1H3. The number of hydrogen-bond donors (Lipinski definition) is 1. The summed E-state index contributed by atoms with van der Waals surface area (Å²) in [6, 6.07) is 3.85. The molecule has 2 N–H and O–H groups in total. The molecule has 0 aromatic carbocycles. The number of anilines is 1. The van der Waals surface area contributed by atoms with Gasteiger partial charge in [-0.2, -0.15) is 0 Å². The lowest BCUT2D eigenvalue weighted by Crippen LogP contribution is -2.51. The van der Waals surface area contributed by atoms with Gasteiger partial charge < -0.3 is 15.2 Å². The molecule has 1 aliphatic heterocycles. The maximum atomic E-state index is 5.60. The number of nitrogen functional groups attached to an aromatic ring is 1. The Morgan fingerprint density at radius 3 is 2.88 bits per heavy atom. The molecule has 1 aliphatic rings. The number of nitrogens with two attached hydrogens (primary N) is 1. The van der Waals surface area contributed by atoms with E-state index in [0.29, 0.717) is 25.0 Å². The highest BCUT2D eigenvalue weighted by atomic mass is 16.5. The summed E-state index contributed by atoms with van der Waals surface area (Å²) < 4.78 is 10.5. The molecular weight excluding hydrogens is 218 g/mol. The predicted octanol–water partition coefficient (Wildman–Crippen LogP) is 0.511. The average molecular weight is 237 g/mol. The molecule has 0 saturated carbocycles. The number of hydrogen-bond acceptors (Lipinski definition) is 5. The zero-order chi connectivity index (χ0) is 12.1. The maximum absolute atomic E-state index is 5.60. The SMILES string of the molecule is COCCOC1CN(Cc2ccc(N)cn2)C1. The van der Waals surface area contributed by atoms with Gasteiger partial charge in [0.15, 0.2) is 0 Å². The van der Waals surface area contributed by atoms with Crippen LogP contribution in [0, 0.1) is 0 Å². The highest BCUT2D eigenvalue weighted by molar-refractivity contribution is 5.34. The largest absolute Gasteiger partial charge is 0.397 e. The van der Waals surface area contributed by atoms with E-state index >= 15 is 0 Å². The second kappa shape index (κ2) is 5.95. The highest BCUT2D eigenvalue weighted by Crippen LogP contribution is 2.15. The second-order valence-corrected chi connectivity index (χ2v) is 4.26. The molecule has 5 nitrogen and oxygen atoms in total. The van der Waals surface area contributed by atoms with Gasteiger partial charge in [-0.05, 0) is 12.1 Å². The van der Waals surface area contributed by atoms with Crippen molar-refractivity contribution in [2.45, 2.75) is 12.6 Å². The zero-order valence-corrected chi connectivity index (χ0v) is 10.1. The van der Waals surface area contributed by atoms with Crippen molar-refractivity contribution in [2.75, 3.05) is 39.1 Å². The summed E-state index contributed by atoms with van der Waals surface area (Å²) in [7, 11) is 1.68. The molecule has 1 aromatic rings. The van der Waals surface area contributed by atoms with Crippen LogP contribution in [0.5, 0.6) is 0 Å². The van der Waals surface area contributed by atoms with Crippen molar-refractivity contribution in [2.24, 2.45) is 0 Å². The Kier molecular flexibility index (Phi) is 4.30. The first-order chi connectivity index (χ1) is 8.28. The summed E-state index contributed by atoms with van der Waals surface area (Å²) in [5, 5.41) is 0.